The standard InChI is InChI=1S/C36H38N2O/c1-20-14-15-24-26(16-20)27(37-32(24)30-21(2)17-23(18-22(30)3)35(4,5)6)19-28-31(36(7,8)9)34-33(38-28)25-12-10-11-13-29(25)39-34/h10-19,38H,1-9H3/b27-19-. The van der Waals surface area contributed by atoms with Crippen molar-refractivity contribution in [3.05, 3.63) is 105 Å². The van der Waals surface area contributed by atoms with E-state index in [0.717, 1.165) is 39.2 Å². The summed E-state index contributed by atoms with van der Waals surface area (Å²) in [5, 5.41) is 1.11. The van der Waals surface area contributed by atoms with Crippen LogP contribution in [0.3, 0.4) is 0 Å². The Kier molecular flexibility index (Phi) is 5.59. The van der Waals surface area contributed by atoms with Crippen LogP contribution in [0, 0.1) is 20.8 Å². The molecule has 0 aliphatic carbocycles. The highest BCUT2D eigenvalue weighted by molar-refractivity contribution is 6.23. The summed E-state index contributed by atoms with van der Waals surface area (Å²) in [5.74, 6) is 0. The Morgan fingerprint density at radius 3 is 2.15 bits per heavy atom. The summed E-state index contributed by atoms with van der Waals surface area (Å²) in [4.78, 5) is 9.07. The maximum atomic E-state index is 6.41. The second-order valence-electron chi connectivity index (χ2n) is 13.2. The Bertz CT molecular complexity index is 1820. The summed E-state index contributed by atoms with van der Waals surface area (Å²) in [5.41, 5.74) is 15.9. The lowest BCUT2D eigenvalue weighted by Crippen LogP contribution is -2.14. The summed E-state index contributed by atoms with van der Waals surface area (Å²) in [6.07, 6.45) is 2.23. The molecule has 0 radical (unpaired) electrons. The zero-order valence-electron chi connectivity index (χ0n) is 24.6. The maximum absolute atomic E-state index is 6.41. The number of nitrogens with zero attached hydrogens (tertiary/aromatic N) is 1. The molecule has 0 saturated heterocycles. The molecule has 0 bridgehead atoms. The molecule has 5 aromatic rings. The van der Waals surface area contributed by atoms with Crippen molar-refractivity contribution in [2.45, 2.75) is 73.1 Å². The van der Waals surface area contributed by atoms with Crippen LogP contribution in [0.1, 0.15) is 91.7 Å². The second kappa shape index (κ2) is 8.58. The number of aromatic amines is 1. The van der Waals surface area contributed by atoms with Crippen molar-refractivity contribution in [3.63, 3.8) is 0 Å². The van der Waals surface area contributed by atoms with Crippen LogP contribution in [0.15, 0.2) is 64.0 Å². The Labute approximate surface area is 231 Å². The van der Waals surface area contributed by atoms with Crippen molar-refractivity contribution in [3.8, 4) is 0 Å². The number of aliphatic imine (C=N–C) groups is 1. The maximum Gasteiger partial charge on any atom is 0.157 e. The first-order valence-corrected chi connectivity index (χ1v) is 13.9. The summed E-state index contributed by atoms with van der Waals surface area (Å²) >= 11 is 0. The molecule has 0 atom stereocenters. The number of fused-ring (bicyclic) bond motifs is 4. The van der Waals surface area contributed by atoms with Crippen LogP contribution in [-0.4, -0.2) is 10.7 Å². The number of rotatable bonds is 2. The van der Waals surface area contributed by atoms with Gasteiger partial charge in [-0.15, -0.1) is 0 Å². The van der Waals surface area contributed by atoms with E-state index in [1.807, 2.05) is 12.1 Å². The minimum Gasteiger partial charge on any atom is -0.454 e. The molecule has 0 spiro atoms. The van der Waals surface area contributed by atoms with Gasteiger partial charge >= 0.3 is 0 Å². The third-order valence-corrected chi connectivity index (χ3v) is 7.96. The molecular weight excluding hydrogens is 476 g/mol. The first-order chi connectivity index (χ1) is 18.3. The number of furan rings is 1. The molecule has 3 heteroatoms. The Morgan fingerprint density at radius 1 is 0.795 bits per heavy atom. The van der Waals surface area contributed by atoms with Crippen LogP contribution in [-0.2, 0) is 10.8 Å². The highest BCUT2D eigenvalue weighted by atomic mass is 16.3. The summed E-state index contributed by atoms with van der Waals surface area (Å²) in [6, 6.07) is 19.6. The molecule has 3 heterocycles. The lowest BCUT2D eigenvalue weighted by Gasteiger charge is -2.22. The molecule has 1 aliphatic rings. The molecule has 3 nitrogen and oxygen atoms in total. The van der Waals surface area contributed by atoms with Gasteiger partial charge in [-0.05, 0) is 72.6 Å². The summed E-state index contributed by atoms with van der Waals surface area (Å²) in [7, 11) is 0. The monoisotopic (exact) mass is 514 g/mol. The quantitative estimate of drug-likeness (QED) is 0.250. The topological polar surface area (TPSA) is 41.3 Å². The van der Waals surface area contributed by atoms with E-state index >= 15 is 0 Å². The van der Waals surface area contributed by atoms with Gasteiger partial charge in [0.25, 0.3) is 0 Å². The third-order valence-electron chi connectivity index (χ3n) is 7.96. The van der Waals surface area contributed by atoms with Crippen LogP contribution in [0.5, 0.6) is 0 Å². The van der Waals surface area contributed by atoms with E-state index in [0.29, 0.717) is 0 Å². The molecule has 198 valence electrons. The normalized spacial score (nSPS) is 15.0. The summed E-state index contributed by atoms with van der Waals surface area (Å²) in [6.45, 7) is 20.1. The fourth-order valence-electron chi connectivity index (χ4n) is 6.04. The molecular formula is C36H38N2O. The predicted molar refractivity (Wildman–Crippen MR) is 166 cm³/mol. The predicted octanol–water partition coefficient (Wildman–Crippen LogP) is 9.78. The molecule has 1 N–H and O–H groups in total. The van der Waals surface area contributed by atoms with E-state index in [1.54, 1.807) is 0 Å². The fraction of sp³-hybridized carbons (Fsp3) is 0.306. The van der Waals surface area contributed by atoms with Crippen molar-refractivity contribution >= 4 is 39.6 Å². The Hall–Kier alpha value is -3.85. The van der Waals surface area contributed by atoms with E-state index in [1.165, 1.54) is 44.5 Å². The van der Waals surface area contributed by atoms with Gasteiger partial charge in [0, 0.05) is 33.3 Å². The lowest BCUT2D eigenvalue weighted by molar-refractivity contribution is 0.573. The van der Waals surface area contributed by atoms with Crippen LogP contribution in [0.2, 0.25) is 0 Å². The van der Waals surface area contributed by atoms with Gasteiger partial charge in [0.15, 0.2) is 5.58 Å². The first-order valence-electron chi connectivity index (χ1n) is 13.9. The lowest BCUT2D eigenvalue weighted by atomic mass is 9.82. The van der Waals surface area contributed by atoms with Crippen molar-refractivity contribution in [2.24, 2.45) is 4.99 Å². The number of aromatic nitrogens is 1. The number of para-hydroxylation sites is 1. The molecule has 1 aliphatic heterocycles. The van der Waals surface area contributed by atoms with Gasteiger partial charge in [-0.3, -0.25) is 0 Å². The summed E-state index contributed by atoms with van der Waals surface area (Å²) < 4.78 is 6.41. The van der Waals surface area contributed by atoms with Gasteiger partial charge in [0.05, 0.1) is 16.9 Å². The molecule has 39 heavy (non-hydrogen) atoms. The van der Waals surface area contributed by atoms with Crippen LogP contribution in [0.4, 0.5) is 0 Å². The number of hydrogen-bond donors (Lipinski definition) is 1. The van der Waals surface area contributed by atoms with Gasteiger partial charge in [-0.25, -0.2) is 4.99 Å². The highest BCUT2D eigenvalue weighted by Crippen LogP contribution is 2.42. The fourth-order valence-corrected chi connectivity index (χ4v) is 6.04. The largest absolute Gasteiger partial charge is 0.454 e. The van der Waals surface area contributed by atoms with Gasteiger partial charge in [0.1, 0.15) is 5.58 Å². The van der Waals surface area contributed by atoms with E-state index in [2.05, 4.69) is 116 Å². The van der Waals surface area contributed by atoms with Crippen LogP contribution < -0.4 is 0 Å². The number of nitrogens with one attached hydrogen (secondary N) is 1. The molecule has 0 saturated carbocycles. The highest BCUT2D eigenvalue weighted by Gasteiger charge is 2.29. The van der Waals surface area contributed by atoms with Crippen molar-refractivity contribution in [1.29, 1.82) is 0 Å². The number of hydrogen-bond acceptors (Lipinski definition) is 2. The van der Waals surface area contributed by atoms with Gasteiger partial charge in [-0.1, -0.05) is 83.5 Å². The first kappa shape index (κ1) is 25.4. The molecule has 6 rings (SSSR count). The smallest absolute Gasteiger partial charge is 0.157 e. The zero-order valence-corrected chi connectivity index (χ0v) is 24.6. The number of benzene rings is 3. The van der Waals surface area contributed by atoms with Crippen LogP contribution in [0.25, 0.3) is 33.8 Å². The van der Waals surface area contributed by atoms with Gasteiger partial charge in [-0.2, -0.15) is 0 Å². The van der Waals surface area contributed by atoms with Crippen molar-refractivity contribution in [2.75, 3.05) is 0 Å². The SMILES string of the molecule is Cc1ccc2c(c1)/C(=C/c1[nH]c3c(oc4ccccc43)c1C(C)(C)C)N=C2c1c(C)cc(C(C)(C)C)cc1C. The van der Waals surface area contributed by atoms with Crippen molar-refractivity contribution in [1.82, 2.24) is 4.98 Å². The second-order valence-corrected chi connectivity index (χ2v) is 13.2. The molecule has 3 aromatic carbocycles. The molecule has 0 fully saturated rings. The van der Waals surface area contributed by atoms with Gasteiger partial charge in [0.2, 0.25) is 0 Å². The van der Waals surface area contributed by atoms with E-state index < -0.39 is 0 Å². The Morgan fingerprint density at radius 2 is 1.49 bits per heavy atom. The average Bonchev–Trinajstić information content (AvgIpc) is 3.47. The van der Waals surface area contributed by atoms with E-state index in [-0.39, 0.29) is 10.8 Å². The number of aryl methyl sites for hydroxylation is 3. The van der Waals surface area contributed by atoms with E-state index in [4.69, 9.17) is 9.41 Å². The van der Waals surface area contributed by atoms with Crippen molar-refractivity contribution < 1.29 is 4.42 Å². The zero-order chi connectivity index (χ0) is 27.9. The molecule has 0 unspecified atom stereocenters. The van der Waals surface area contributed by atoms with E-state index in [9.17, 15) is 0 Å². The van der Waals surface area contributed by atoms with Crippen LogP contribution >= 0.6 is 0 Å². The third kappa shape index (κ3) is 4.16. The Balaban J connectivity index is 1.59. The average molecular weight is 515 g/mol. The molecule has 2 aromatic heterocycles. The van der Waals surface area contributed by atoms with Gasteiger partial charge < -0.3 is 9.40 Å². The number of H-pyrrole nitrogens is 1. The minimum absolute atomic E-state index is 0.101. The minimum atomic E-state index is -0.116. The molecule has 0 amide bonds.